The van der Waals surface area contributed by atoms with Gasteiger partial charge in [0.2, 0.25) is 0 Å². The van der Waals surface area contributed by atoms with Gasteiger partial charge in [0, 0.05) is 19.6 Å². The number of ether oxygens (including phenoxy) is 3. The van der Waals surface area contributed by atoms with E-state index in [1.54, 1.807) is 0 Å². The van der Waals surface area contributed by atoms with Crippen LogP contribution in [0.1, 0.15) is 118 Å². The normalized spacial score (nSPS) is 12.1. The van der Waals surface area contributed by atoms with Crippen LogP contribution in [0.4, 0.5) is 17.6 Å². The van der Waals surface area contributed by atoms with Crippen LogP contribution in [0.2, 0.25) is 0 Å². The molecule has 0 unspecified atom stereocenters. The summed E-state index contributed by atoms with van der Waals surface area (Å²) in [5, 5.41) is 9.42. The molecule has 2 aromatic rings. The number of aromatic carboxylic acids is 1. The second-order valence-corrected chi connectivity index (χ2v) is 10.9. The highest BCUT2D eigenvalue weighted by Crippen LogP contribution is 2.36. The first-order valence-corrected chi connectivity index (χ1v) is 15.7. The van der Waals surface area contributed by atoms with E-state index in [2.05, 4.69) is 6.92 Å². The molecule has 0 aliphatic heterocycles. The monoisotopic (exact) mass is 640 g/mol. The number of hydrogen-bond donors (Lipinski definition) is 1. The van der Waals surface area contributed by atoms with Gasteiger partial charge in [-0.1, -0.05) is 70.4 Å². The summed E-state index contributed by atoms with van der Waals surface area (Å²) < 4.78 is 71.4. The van der Waals surface area contributed by atoms with Crippen molar-refractivity contribution in [1.29, 1.82) is 0 Å². The molecule has 1 atom stereocenters. The van der Waals surface area contributed by atoms with E-state index in [4.69, 9.17) is 14.2 Å². The first kappa shape index (κ1) is 37.7. The average Bonchev–Trinajstić information content (AvgIpc) is 2.99. The third kappa shape index (κ3) is 13.2. The van der Waals surface area contributed by atoms with Crippen molar-refractivity contribution in [2.24, 2.45) is 0 Å². The van der Waals surface area contributed by atoms with E-state index in [0.717, 1.165) is 50.3 Å². The Morgan fingerprint density at radius 1 is 0.822 bits per heavy atom. The molecular formula is C34H44F4O7. The van der Waals surface area contributed by atoms with Gasteiger partial charge in [-0.25, -0.2) is 14.0 Å². The second kappa shape index (κ2) is 19.8. The predicted octanol–water partition coefficient (Wildman–Crippen LogP) is 9.31. The largest absolute Gasteiger partial charge is 0.478 e. The number of carbonyl (C=O) groups excluding carboxylic acids is 2. The minimum absolute atomic E-state index is 0.0590. The molecule has 0 bridgehead atoms. The van der Waals surface area contributed by atoms with Crippen molar-refractivity contribution in [3.63, 3.8) is 0 Å². The minimum Gasteiger partial charge on any atom is -0.478 e. The third-order valence-electron chi connectivity index (χ3n) is 7.28. The maximum Gasteiger partial charge on any atom is 0.425 e. The van der Waals surface area contributed by atoms with E-state index in [1.807, 2.05) is 6.92 Å². The number of hydrogen-bond acceptors (Lipinski definition) is 6. The number of rotatable bonds is 21. The Balaban J connectivity index is 2.11. The first-order chi connectivity index (χ1) is 21.5. The predicted molar refractivity (Wildman–Crippen MR) is 162 cm³/mol. The summed E-state index contributed by atoms with van der Waals surface area (Å²) in [5.74, 6) is -4.73. The summed E-state index contributed by atoms with van der Waals surface area (Å²) in [6.45, 7) is 4.93. The lowest BCUT2D eigenvalue weighted by Crippen LogP contribution is -2.33. The van der Waals surface area contributed by atoms with E-state index < -0.39 is 48.0 Å². The molecule has 2 aromatic carbocycles. The Hall–Kier alpha value is -3.47. The highest BCUT2D eigenvalue weighted by Gasteiger charge is 2.42. The minimum atomic E-state index is -4.76. The van der Waals surface area contributed by atoms with E-state index in [9.17, 15) is 32.7 Å². The van der Waals surface area contributed by atoms with Gasteiger partial charge in [0.25, 0.3) is 0 Å². The lowest BCUT2D eigenvalue weighted by atomic mass is 9.99. The van der Waals surface area contributed by atoms with Crippen LogP contribution >= 0.6 is 0 Å². The molecule has 0 radical (unpaired) electrons. The van der Waals surface area contributed by atoms with Gasteiger partial charge in [-0.15, -0.1) is 0 Å². The Kier molecular flexibility index (Phi) is 16.6. The molecule has 7 nitrogen and oxygen atoms in total. The van der Waals surface area contributed by atoms with E-state index in [-0.39, 0.29) is 35.3 Å². The number of halogens is 4. The van der Waals surface area contributed by atoms with Crippen LogP contribution in [0.25, 0.3) is 11.1 Å². The van der Waals surface area contributed by atoms with Gasteiger partial charge >= 0.3 is 24.1 Å². The average molecular weight is 641 g/mol. The Morgan fingerprint density at radius 3 is 2.04 bits per heavy atom. The Bertz CT molecular complexity index is 1210. The van der Waals surface area contributed by atoms with Gasteiger partial charge < -0.3 is 19.3 Å². The zero-order valence-corrected chi connectivity index (χ0v) is 26.1. The molecule has 0 aliphatic rings. The molecule has 0 heterocycles. The van der Waals surface area contributed by atoms with Gasteiger partial charge in [-0.3, -0.25) is 4.79 Å². The van der Waals surface area contributed by atoms with Crippen molar-refractivity contribution in [2.45, 2.75) is 110 Å². The molecule has 0 aromatic heterocycles. The number of carboxylic acids is 1. The molecule has 0 fully saturated rings. The molecule has 11 heteroatoms. The fourth-order valence-electron chi connectivity index (χ4n) is 4.77. The fraction of sp³-hybridized carbons (Fsp3) is 0.559. The molecule has 250 valence electrons. The molecular weight excluding hydrogens is 596 g/mol. The van der Waals surface area contributed by atoms with Gasteiger partial charge in [-0.05, 0) is 62.4 Å². The van der Waals surface area contributed by atoms with Crippen molar-refractivity contribution in [2.75, 3.05) is 13.2 Å². The molecule has 45 heavy (non-hydrogen) atoms. The fourth-order valence-corrected chi connectivity index (χ4v) is 4.77. The van der Waals surface area contributed by atoms with Crippen LogP contribution in [0.3, 0.4) is 0 Å². The highest BCUT2D eigenvalue weighted by atomic mass is 19.4. The summed E-state index contributed by atoms with van der Waals surface area (Å²) in [5.41, 5.74) is -1.14. The van der Waals surface area contributed by atoms with Gasteiger partial charge in [0.1, 0.15) is 11.6 Å². The number of carbonyl (C=O) groups is 3. The Morgan fingerprint density at radius 2 is 1.44 bits per heavy atom. The van der Waals surface area contributed by atoms with Gasteiger partial charge in [0.05, 0.1) is 16.7 Å². The number of esters is 2. The maximum atomic E-state index is 15.4. The molecule has 2 rings (SSSR count). The SMILES string of the molecule is CCCCCCCCCCC(=O)Oc1ccc(C(=O)O)c(F)c1-c1ccc(C(=O)O[C@H](CCCCCOCC)C(F)(F)F)cc1. The smallest absolute Gasteiger partial charge is 0.425 e. The number of carboxylic acid groups (broad SMARTS) is 1. The van der Waals surface area contributed by atoms with Crippen molar-refractivity contribution in [3.8, 4) is 16.9 Å². The first-order valence-electron chi connectivity index (χ1n) is 15.7. The molecule has 1 N–H and O–H groups in total. The van der Waals surface area contributed by atoms with Gasteiger partial charge in [0.15, 0.2) is 6.10 Å². The molecule has 0 spiro atoms. The van der Waals surface area contributed by atoms with E-state index in [0.29, 0.717) is 32.5 Å². The van der Waals surface area contributed by atoms with Crippen molar-refractivity contribution in [3.05, 3.63) is 53.3 Å². The Labute approximate surface area is 262 Å². The summed E-state index contributed by atoms with van der Waals surface area (Å²) in [6.07, 6.45) is 2.06. The van der Waals surface area contributed by atoms with Crippen LogP contribution in [0.5, 0.6) is 5.75 Å². The summed E-state index contributed by atoms with van der Waals surface area (Å²) in [4.78, 5) is 36.7. The zero-order chi connectivity index (χ0) is 33.2. The van der Waals surface area contributed by atoms with Crippen LogP contribution in [0.15, 0.2) is 36.4 Å². The topological polar surface area (TPSA) is 99.1 Å². The zero-order valence-electron chi connectivity index (χ0n) is 26.1. The highest BCUT2D eigenvalue weighted by molar-refractivity contribution is 5.93. The van der Waals surface area contributed by atoms with Crippen LogP contribution in [-0.4, -0.2) is 48.5 Å². The van der Waals surface area contributed by atoms with E-state index >= 15 is 4.39 Å². The molecule has 0 aliphatic carbocycles. The lowest BCUT2D eigenvalue weighted by molar-refractivity contribution is -0.206. The third-order valence-corrected chi connectivity index (χ3v) is 7.28. The van der Waals surface area contributed by atoms with E-state index in [1.165, 1.54) is 31.0 Å². The number of unbranched alkanes of at least 4 members (excludes halogenated alkanes) is 9. The van der Waals surface area contributed by atoms with Crippen LogP contribution in [-0.2, 0) is 14.3 Å². The standard InChI is InChI=1S/C34H44F4O7/c1-3-5-6-7-8-9-10-13-16-29(39)44-27-22-21-26(32(40)41)31(35)30(27)24-17-19-25(20-18-24)33(42)45-28(34(36,37)38)15-12-11-14-23-43-4-2/h17-22,28H,3-16,23H2,1-2H3,(H,40,41)/t28-/m1/s1. The quantitative estimate of drug-likeness (QED) is 0.0628. The van der Waals surface area contributed by atoms with Crippen molar-refractivity contribution < 1.29 is 51.3 Å². The van der Waals surface area contributed by atoms with Gasteiger partial charge in [-0.2, -0.15) is 13.2 Å². The lowest BCUT2D eigenvalue weighted by Gasteiger charge is -2.21. The molecule has 0 saturated heterocycles. The summed E-state index contributed by atoms with van der Waals surface area (Å²) >= 11 is 0. The summed E-state index contributed by atoms with van der Waals surface area (Å²) in [7, 11) is 0. The van der Waals surface area contributed by atoms with Crippen LogP contribution < -0.4 is 4.74 Å². The number of benzene rings is 2. The van der Waals surface area contributed by atoms with Crippen molar-refractivity contribution in [1.82, 2.24) is 0 Å². The second-order valence-electron chi connectivity index (χ2n) is 10.9. The maximum absolute atomic E-state index is 15.4. The molecule has 0 saturated carbocycles. The number of alkyl halides is 3. The molecule has 0 amide bonds. The summed E-state index contributed by atoms with van der Waals surface area (Å²) in [6, 6.07) is 6.91. The van der Waals surface area contributed by atoms with Crippen molar-refractivity contribution >= 4 is 17.9 Å². The van der Waals surface area contributed by atoms with Crippen LogP contribution in [0, 0.1) is 5.82 Å².